The topological polar surface area (TPSA) is 95.3 Å². The van der Waals surface area contributed by atoms with Gasteiger partial charge in [0.25, 0.3) is 0 Å². The van der Waals surface area contributed by atoms with Gasteiger partial charge in [-0.3, -0.25) is 9.36 Å². The minimum absolute atomic E-state index is 0.182. The molecule has 108 valence electrons. The number of rotatable bonds is 4. The Labute approximate surface area is 120 Å². The standard InChI is InChI=1S/C14H15N5O2/c1-2-5-12-16-13-9-6-3-4-7-10(9)18(8-11(15)20)14(21)19(13)17-12/h3-4,6-7H,2,5,8H2,1H3,(H2,15,20). The molecule has 0 bridgehead atoms. The van der Waals surface area contributed by atoms with Crippen LogP contribution in [0.25, 0.3) is 16.6 Å². The number of fused-ring (bicyclic) bond motifs is 3. The molecule has 3 aromatic rings. The Kier molecular flexibility index (Phi) is 3.17. The number of carbonyl (C=O) groups is 1. The molecule has 0 aliphatic carbocycles. The lowest BCUT2D eigenvalue weighted by Crippen LogP contribution is -2.32. The van der Waals surface area contributed by atoms with Crippen LogP contribution in [0.4, 0.5) is 0 Å². The van der Waals surface area contributed by atoms with Gasteiger partial charge in [-0.05, 0) is 18.6 Å². The molecule has 2 aromatic heterocycles. The summed E-state index contributed by atoms with van der Waals surface area (Å²) in [5, 5.41) is 5.01. The Morgan fingerprint density at radius 2 is 2.10 bits per heavy atom. The molecular formula is C14H15N5O2. The third-order valence-electron chi connectivity index (χ3n) is 3.29. The van der Waals surface area contributed by atoms with Gasteiger partial charge in [-0.1, -0.05) is 19.1 Å². The zero-order valence-corrected chi connectivity index (χ0v) is 11.6. The number of carbonyl (C=O) groups excluding carboxylic acids is 1. The predicted molar refractivity (Wildman–Crippen MR) is 77.9 cm³/mol. The van der Waals surface area contributed by atoms with Crippen LogP contribution in [0.1, 0.15) is 19.2 Å². The van der Waals surface area contributed by atoms with Gasteiger partial charge in [0.2, 0.25) is 5.91 Å². The van der Waals surface area contributed by atoms with Crippen molar-refractivity contribution in [1.82, 2.24) is 19.2 Å². The van der Waals surface area contributed by atoms with Crippen molar-refractivity contribution in [2.45, 2.75) is 26.3 Å². The first-order valence-corrected chi connectivity index (χ1v) is 6.77. The van der Waals surface area contributed by atoms with Crippen LogP contribution in [-0.4, -0.2) is 25.1 Å². The van der Waals surface area contributed by atoms with Gasteiger partial charge in [0.05, 0.1) is 5.52 Å². The minimum atomic E-state index is -0.574. The molecule has 0 unspecified atom stereocenters. The molecule has 1 aromatic carbocycles. The number of benzene rings is 1. The van der Waals surface area contributed by atoms with E-state index in [9.17, 15) is 9.59 Å². The zero-order chi connectivity index (χ0) is 15.0. The van der Waals surface area contributed by atoms with Gasteiger partial charge in [-0.15, -0.1) is 5.10 Å². The van der Waals surface area contributed by atoms with Gasteiger partial charge in [0.1, 0.15) is 6.54 Å². The number of primary amides is 1. The van der Waals surface area contributed by atoms with Crippen molar-refractivity contribution in [2.24, 2.45) is 5.73 Å². The van der Waals surface area contributed by atoms with E-state index in [1.54, 1.807) is 12.1 Å². The first-order valence-electron chi connectivity index (χ1n) is 6.77. The molecule has 7 heteroatoms. The monoisotopic (exact) mass is 285 g/mol. The van der Waals surface area contributed by atoms with Crippen molar-refractivity contribution in [3.05, 3.63) is 40.6 Å². The number of para-hydroxylation sites is 1. The molecule has 0 atom stereocenters. The summed E-state index contributed by atoms with van der Waals surface area (Å²) in [5.74, 6) is 0.0482. The molecule has 0 spiro atoms. The number of amides is 1. The summed E-state index contributed by atoms with van der Waals surface area (Å²) in [7, 11) is 0. The van der Waals surface area contributed by atoms with Crippen LogP contribution in [0.2, 0.25) is 0 Å². The molecule has 21 heavy (non-hydrogen) atoms. The van der Waals surface area contributed by atoms with E-state index in [1.165, 1.54) is 9.08 Å². The Morgan fingerprint density at radius 1 is 1.33 bits per heavy atom. The molecule has 0 aliphatic rings. The van der Waals surface area contributed by atoms with Crippen molar-refractivity contribution >= 4 is 22.5 Å². The summed E-state index contributed by atoms with van der Waals surface area (Å²) in [5.41, 5.74) is 5.97. The Bertz CT molecular complexity index is 893. The fraction of sp³-hybridized carbons (Fsp3) is 0.286. The fourth-order valence-corrected chi connectivity index (χ4v) is 2.42. The first kappa shape index (κ1) is 13.3. The molecule has 0 fully saturated rings. The van der Waals surface area contributed by atoms with Crippen LogP contribution in [0.5, 0.6) is 0 Å². The van der Waals surface area contributed by atoms with Crippen LogP contribution in [-0.2, 0) is 17.8 Å². The van der Waals surface area contributed by atoms with Crippen molar-refractivity contribution in [3.63, 3.8) is 0 Å². The first-order chi connectivity index (χ1) is 10.1. The summed E-state index contributed by atoms with van der Waals surface area (Å²) in [6.45, 7) is 1.84. The highest BCUT2D eigenvalue weighted by Crippen LogP contribution is 2.17. The number of nitrogens with zero attached hydrogens (tertiary/aromatic N) is 4. The number of aromatic nitrogens is 4. The third-order valence-corrected chi connectivity index (χ3v) is 3.29. The molecule has 3 rings (SSSR count). The smallest absolute Gasteiger partial charge is 0.351 e. The lowest BCUT2D eigenvalue weighted by molar-refractivity contribution is -0.118. The van der Waals surface area contributed by atoms with Gasteiger partial charge in [-0.2, -0.15) is 4.52 Å². The number of hydrogen-bond donors (Lipinski definition) is 1. The normalized spacial score (nSPS) is 11.3. The van der Waals surface area contributed by atoms with E-state index >= 15 is 0 Å². The molecule has 0 aliphatic heterocycles. The molecule has 2 heterocycles. The van der Waals surface area contributed by atoms with E-state index in [2.05, 4.69) is 10.1 Å². The highest BCUT2D eigenvalue weighted by atomic mass is 16.2. The van der Waals surface area contributed by atoms with E-state index in [1.807, 2.05) is 19.1 Å². The molecule has 2 N–H and O–H groups in total. The van der Waals surface area contributed by atoms with Crippen LogP contribution >= 0.6 is 0 Å². The maximum absolute atomic E-state index is 12.5. The van der Waals surface area contributed by atoms with E-state index < -0.39 is 11.6 Å². The van der Waals surface area contributed by atoms with Crippen LogP contribution in [0.3, 0.4) is 0 Å². The summed E-state index contributed by atoms with van der Waals surface area (Å²) in [4.78, 5) is 28.2. The van der Waals surface area contributed by atoms with Crippen molar-refractivity contribution in [1.29, 1.82) is 0 Å². The second-order valence-electron chi connectivity index (χ2n) is 4.87. The molecule has 0 saturated heterocycles. The Morgan fingerprint density at radius 3 is 2.81 bits per heavy atom. The summed E-state index contributed by atoms with van der Waals surface area (Å²) in [6, 6.07) is 7.29. The lowest BCUT2D eigenvalue weighted by atomic mass is 10.2. The minimum Gasteiger partial charge on any atom is -0.368 e. The van der Waals surface area contributed by atoms with E-state index in [0.29, 0.717) is 23.4 Å². The lowest BCUT2D eigenvalue weighted by Gasteiger charge is -2.08. The average Bonchev–Trinajstić information content (AvgIpc) is 2.88. The maximum atomic E-state index is 12.5. The zero-order valence-electron chi connectivity index (χ0n) is 11.6. The van der Waals surface area contributed by atoms with Gasteiger partial charge in [0, 0.05) is 11.8 Å². The Hall–Kier alpha value is -2.70. The quantitative estimate of drug-likeness (QED) is 0.754. The summed E-state index contributed by atoms with van der Waals surface area (Å²) < 4.78 is 2.57. The van der Waals surface area contributed by atoms with Gasteiger partial charge < -0.3 is 5.73 Å². The highest BCUT2D eigenvalue weighted by Gasteiger charge is 2.15. The van der Waals surface area contributed by atoms with E-state index in [0.717, 1.165) is 11.8 Å². The van der Waals surface area contributed by atoms with E-state index in [-0.39, 0.29) is 6.54 Å². The second-order valence-corrected chi connectivity index (χ2v) is 4.87. The van der Waals surface area contributed by atoms with Crippen LogP contribution in [0.15, 0.2) is 29.1 Å². The van der Waals surface area contributed by atoms with Crippen molar-refractivity contribution in [3.8, 4) is 0 Å². The van der Waals surface area contributed by atoms with Crippen molar-refractivity contribution in [2.75, 3.05) is 0 Å². The van der Waals surface area contributed by atoms with Crippen LogP contribution < -0.4 is 11.4 Å². The fourth-order valence-electron chi connectivity index (χ4n) is 2.42. The molecule has 0 radical (unpaired) electrons. The number of nitrogens with two attached hydrogens (primary N) is 1. The SMILES string of the molecule is CCCc1nc2c3ccccc3n(CC(N)=O)c(=O)n2n1. The Balaban J connectivity index is 2.41. The van der Waals surface area contributed by atoms with Gasteiger partial charge >= 0.3 is 5.69 Å². The summed E-state index contributed by atoms with van der Waals surface area (Å²) in [6.07, 6.45) is 1.59. The predicted octanol–water partition coefficient (Wildman–Crippen LogP) is 0.482. The molecular weight excluding hydrogens is 270 g/mol. The van der Waals surface area contributed by atoms with Crippen molar-refractivity contribution < 1.29 is 4.79 Å². The average molecular weight is 285 g/mol. The van der Waals surface area contributed by atoms with Crippen LogP contribution in [0, 0.1) is 0 Å². The second kappa shape index (κ2) is 5.01. The molecule has 7 nitrogen and oxygen atoms in total. The molecule has 1 amide bonds. The van der Waals surface area contributed by atoms with Gasteiger partial charge in [0.15, 0.2) is 11.5 Å². The highest BCUT2D eigenvalue weighted by molar-refractivity contribution is 5.92. The van der Waals surface area contributed by atoms with E-state index in [4.69, 9.17) is 5.73 Å². The number of hydrogen-bond acceptors (Lipinski definition) is 4. The van der Waals surface area contributed by atoms with Gasteiger partial charge in [-0.25, -0.2) is 9.78 Å². The maximum Gasteiger partial charge on any atom is 0.351 e. The number of aryl methyl sites for hydroxylation is 1. The molecule has 0 saturated carbocycles. The summed E-state index contributed by atoms with van der Waals surface area (Å²) >= 11 is 0. The third kappa shape index (κ3) is 2.16. The largest absolute Gasteiger partial charge is 0.368 e.